The van der Waals surface area contributed by atoms with Crippen molar-refractivity contribution in [1.29, 1.82) is 0 Å². The second-order valence-electron chi connectivity index (χ2n) is 4.60. The van der Waals surface area contributed by atoms with Gasteiger partial charge >= 0.3 is 0 Å². The number of amidine groups is 1. The molecule has 2 rings (SSSR count). The molecule has 5 heteroatoms. The van der Waals surface area contributed by atoms with Crippen LogP contribution in [0, 0.1) is 0 Å². The van der Waals surface area contributed by atoms with Crippen molar-refractivity contribution in [2.75, 3.05) is 23.7 Å². The van der Waals surface area contributed by atoms with Gasteiger partial charge in [-0.15, -0.1) is 0 Å². The second kappa shape index (κ2) is 6.61. The first-order valence-electron chi connectivity index (χ1n) is 6.46. The molecule has 1 aromatic carbocycles. The van der Waals surface area contributed by atoms with Gasteiger partial charge in [0.2, 0.25) is 5.91 Å². The van der Waals surface area contributed by atoms with Crippen molar-refractivity contribution in [3.05, 3.63) is 30.3 Å². The fourth-order valence-electron chi connectivity index (χ4n) is 1.99. The van der Waals surface area contributed by atoms with Crippen molar-refractivity contribution in [3.8, 4) is 0 Å². The van der Waals surface area contributed by atoms with Crippen LogP contribution >= 0.6 is 11.8 Å². The molecule has 0 unspecified atom stereocenters. The quantitative estimate of drug-likeness (QED) is 0.917. The molecule has 1 aliphatic rings. The first-order valence-corrected chi connectivity index (χ1v) is 7.45. The van der Waals surface area contributed by atoms with Crippen LogP contribution in [0.5, 0.6) is 0 Å². The van der Waals surface area contributed by atoms with Crippen molar-refractivity contribution < 1.29 is 4.79 Å². The normalized spacial score (nSPS) is 14.2. The van der Waals surface area contributed by atoms with E-state index in [-0.39, 0.29) is 11.9 Å². The van der Waals surface area contributed by atoms with Crippen molar-refractivity contribution >= 4 is 28.5 Å². The smallest absolute Gasteiger partial charge is 0.237 e. The lowest BCUT2D eigenvalue weighted by atomic mass is 10.2. The van der Waals surface area contributed by atoms with Crippen LogP contribution in [0.1, 0.15) is 13.8 Å². The third-order valence-corrected chi connectivity index (χ3v) is 3.73. The number of carbonyl (C=O) groups excluding carboxylic acids is 1. The van der Waals surface area contributed by atoms with Crippen LogP contribution in [-0.4, -0.2) is 36.0 Å². The minimum atomic E-state index is 0.114. The molecule has 0 fully saturated rings. The number of nitrogens with one attached hydrogen (secondary N) is 1. The van der Waals surface area contributed by atoms with Gasteiger partial charge in [0.15, 0.2) is 5.17 Å². The van der Waals surface area contributed by atoms with Gasteiger partial charge in [-0.1, -0.05) is 30.0 Å². The zero-order valence-corrected chi connectivity index (χ0v) is 12.1. The lowest BCUT2D eigenvalue weighted by Crippen LogP contribution is -2.38. The Kier molecular flexibility index (Phi) is 4.85. The monoisotopic (exact) mass is 277 g/mol. The van der Waals surface area contributed by atoms with Gasteiger partial charge in [-0.2, -0.15) is 0 Å². The molecule has 1 amide bonds. The Balaban J connectivity index is 2.00. The number of aliphatic imine (C=N–C) groups is 1. The molecule has 1 aromatic rings. The van der Waals surface area contributed by atoms with Gasteiger partial charge in [-0.25, -0.2) is 0 Å². The fraction of sp³-hybridized carbons (Fsp3) is 0.429. The molecular weight excluding hydrogens is 258 g/mol. The number of para-hydroxylation sites is 1. The molecule has 0 aromatic heterocycles. The van der Waals surface area contributed by atoms with Crippen LogP contribution in [0.3, 0.4) is 0 Å². The summed E-state index contributed by atoms with van der Waals surface area (Å²) in [6.45, 7) is 5.74. The molecule has 102 valence electrons. The topological polar surface area (TPSA) is 44.7 Å². The summed E-state index contributed by atoms with van der Waals surface area (Å²) >= 11 is 1.48. The maximum absolute atomic E-state index is 12.4. The highest BCUT2D eigenvalue weighted by atomic mass is 32.2. The van der Waals surface area contributed by atoms with E-state index in [1.165, 1.54) is 11.8 Å². The molecule has 0 spiro atoms. The summed E-state index contributed by atoms with van der Waals surface area (Å²) in [6, 6.07) is 9.94. The number of benzene rings is 1. The Morgan fingerprint density at radius 3 is 2.74 bits per heavy atom. The zero-order chi connectivity index (χ0) is 13.7. The number of hydrogen-bond donors (Lipinski definition) is 1. The number of rotatable bonds is 4. The van der Waals surface area contributed by atoms with Crippen LogP contribution in [0.25, 0.3) is 0 Å². The molecule has 0 bridgehead atoms. The SMILES string of the molecule is CC(C)N(C(=O)CSC1=NCCN1)c1ccccc1. The van der Waals surface area contributed by atoms with Gasteiger partial charge in [0.05, 0.1) is 12.3 Å². The average Bonchev–Trinajstić information content (AvgIpc) is 2.90. The maximum atomic E-state index is 12.4. The number of thioether (sulfide) groups is 1. The molecule has 0 aliphatic carbocycles. The van der Waals surface area contributed by atoms with Crippen LogP contribution in [0.2, 0.25) is 0 Å². The zero-order valence-electron chi connectivity index (χ0n) is 11.3. The molecule has 0 saturated heterocycles. The fourth-order valence-corrected chi connectivity index (χ4v) is 2.78. The highest BCUT2D eigenvalue weighted by Crippen LogP contribution is 2.18. The van der Waals surface area contributed by atoms with Crippen LogP contribution < -0.4 is 10.2 Å². The molecule has 19 heavy (non-hydrogen) atoms. The summed E-state index contributed by atoms with van der Waals surface area (Å²) in [4.78, 5) is 18.5. The van der Waals surface area contributed by atoms with E-state index in [1.807, 2.05) is 49.1 Å². The summed E-state index contributed by atoms with van der Waals surface area (Å²) in [5, 5.41) is 4.04. The number of anilines is 1. The summed E-state index contributed by atoms with van der Waals surface area (Å²) in [5.74, 6) is 0.529. The van der Waals surface area contributed by atoms with Crippen LogP contribution in [-0.2, 0) is 4.79 Å². The predicted molar refractivity (Wildman–Crippen MR) is 81.8 cm³/mol. The van der Waals surface area contributed by atoms with Gasteiger partial charge in [-0.05, 0) is 26.0 Å². The average molecular weight is 277 g/mol. The van der Waals surface area contributed by atoms with Gasteiger partial charge < -0.3 is 10.2 Å². The minimum Gasteiger partial charge on any atom is -0.363 e. The predicted octanol–water partition coefficient (Wildman–Crippen LogP) is 2.12. The number of amides is 1. The van der Waals surface area contributed by atoms with E-state index in [9.17, 15) is 4.79 Å². The molecule has 0 atom stereocenters. The lowest BCUT2D eigenvalue weighted by Gasteiger charge is -2.26. The van der Waals surface area contributed by atoms with Crippen molar-refractivity contribution in [2.45, 2.75) is 19.9 Å². The largest absolute Gasteiger partial charge is 0.363 e. The first-order chi connectivity index (χ1) is 9.18. The third-order valence-electron chi connectivity index (χ3n) is 2.80. The Morgan fingerprint density at radius 1 is 1.42 bits per heavy atom. The van der Waals surface area contributed by atoms with E-state index in [2.05, 4.69) is 10.3 Å². The molecule has 0 saturated carbocycles. The van der Waals surface area contributed by atoms with E-state index < -0.39 is 0 Å². The summed E-state index contributed by atoms with van der Waals surface area (Å²) in [6.07, 6.45) is 0. The van der Waals surface area contributed by atoms with Gasteiger partial charge in [0, 0.05) is 18.3 Å². The summed E-state index contributed by atoms with van der Waals surface area (Å²) < 4.78 is 0. The second-order valence-corrected chi connectivity index (χ2v) is 5.56. The maximum Gasteiger partial charge on any atom is 0.237 e. The molecule has 0 radical (unpaired) electrons. The van der Waals surface area contributed by atoms with E-state index in [0.29, 0.717) is 5.75 Å². The van der Waals surface area contributed by atoms with Gasteiger partial charge in [-0.3, -0.25) is 9.79 Å². The Labute approximate surface area is 118 Å². The standard InChI is InChI=1S/C14H19N3OS/c1-11(2)17(12-6-4-3-5-7-12)13(18)10-19-14-15-8-9-16-14/h3-7,11H,8-10H2,1-2H3,(H,15,16). The Hall–Kier alpha value is -1.49. The van der Waals surface area contributed by atoms with E-state index in [1.54, 1.807) is 0 Å². The van der Waals surface area contributed by atoms with Crippen molar-refractivity contribution in [3.63, 3.8) is 0 Å². The number of carbonyl (C=O) groups is 1. The number of hydrogen-bond acceptors (Lipinski definition) is 4. The molecule has 1 heterocycles. The van der Waals surface area contributed by atoms with Crippen molar-refractivity contribution in [1.82, 2.24) is 5.32 Å². The van der Waals surface area contributed by atoms with Crippen LogP contribution in [0.15, 0.2) is 35.3 Å². The molecule has 1 aliphatic heterocycles. The number of nitrogens with zero attached hydrogens (tertiary/aromatic N) is 2. The van der Waals surface area contributed by atoms with E-state index in [4.69, 9.17) is 0 Å². The van der Waals surface area contributed by atoms with Gasteiger partial charge in [0.25, 0.3) is 0 Å². The highest BCUT2D eigenvalue weighted by molar-refractivity contribution is 8.14. The molecular formula is C14H19N3OS. The van der Waals surface area contributed by atoms with Gasteiger partial charge in [0.1, 0.15) is 0 Å². The van der Waals surface area contributed by atoms with E-state index >= 15 is 0 Å². The summed E-state index contributed by atoms with van der Waals surface area (Å²) in [5.41, 5.74) is 0.949. The lowest BCUT2D eigenvalue weighted by molar-refractivity contribution is -0.116. The highest BCUT2D eigenvalue weighted by Gasteiger charge is 2.19. The minimum absolute atomic E-state index is 0.114. The Morgan fingerprint density at radius 2 is 2.16 bits per heavy atom. The van der Waals surface area contributed by atoms with Crippen molar-refractivity contribution in [2.24, 2.45) is 4.99 Å². The molecule has 1 N–H and O–H groups in total. The first kappa shape index (κ1) is 13.9. The van der Waals surface area contributed by atoms with E-state index in [0.717, 1.165) is 23.9 Å². The molecule has 4 nitrogen and oxygen atoms in total. The third kappa shape index (κ3) is 3.73. The van der Waals surface area contributed by atoms with Crippen LogP contribution in [0.4, 0.5) is 5.69 Å². The summed E-state index contributed by atoms with van der Waals surface area (Å²) in [7, 11) is 0. The Bertz CT molecular complexity index is 459.